The molecule has 0 bridgehead atoms. The van der Waals surface area contributed by atoms with E-state index < -0.39 is 0 Å². The first-order chi connectivity index (χ1) is 17.5. The first-order valence-electron chi connectivity index (χ1n) is 12.9. The molecule has 0 aliphatic carbocycles. The standard InChI is InChI=1S/C19H24N2S.C11H15NO2.ClH/c1-4-20(5-2)15(3)14-21-16-10-6-8-12-18(16)22-19-13-9-7-11-17(19)21;1-2-3-8-14-11(13)9-4-6-10(12)7-5-9;/h6-13,15H,4-5,14H2,1-3H3;4-7H,2-3,8,12H2,1H3;1H. The van der Waals surface area contributed by atoms with Gasteiger partial charge in [-0.3, -0.25) is 4.90 Å². The molecule has 1 aliphatic heterocycles. The fourth-order valence-corrected chi connectivity index (χ4v) is 5.31. The molecule has 200 valence electrons. The Balaban J connectivity index is 0.000000280. The first-order valence-corrected chi connectivity index (χ1v) is 13.7. The molecule has 3 aromatic rings. The molecule has 1 atom stereocenters. The Kier molecular flexibility index (Phi) is 12.8. The summed E-state index contributed by atoms with van der Waals surface area (Å²) in [7, 11) is 0. The molecule has 37 heavy (non-hydrogen) atoms. The van der Waals surface area contributed by atoms with E-state index in [-0.39, 0.29) is 18.4 Å². The van der Waals surface area contributed by atoms with Crippen molar-refractivity contribution in [3.8, 4) is 0 Å². The number of hydrogen-bond donors (Lipinski definition) is 1. The van der Waals surface area contributed by atoms with Crippen molar-refractivity contribution in [3.63, 3.8) is 0 Å². The number of rotatable bonds is 9. The van der Waals surface area contributed by atoms with Crippen LogP contribution < -0.4 is 10.6 Å². The van der Waals surface area contributed by atoms with Gasteiger partial charge in [-0.1, -0.05) is 63.2 Å². The third kappa shape index (κ3) is 8.42. The van der Waals surface area contributed by atoms with Crippen molar-refractivity contribution in [2.24, 2.45) is 0 Å². The maximum atomic E-state index is 11.4. The fraction of sp³-hybridized carbons (Fsp3) is 0.367. The van der Waals surface area contributed by atoms with Crippen LogP contribution in [0.15, 0.2) is 82.6 Å². The van der Waals surface area contributed by atoms with Crippen LogP contribution >= 0.6 is 24.2 Å². The summed E-state index contributed by atoms with van der Waals surface area (Å²) >= 11 is 1.88. The Hall–Kier alpha value is -2.67. The molecule has 3 aromatic carbocycles. The highest BCUT2D eigenvalue weighted by molar-refractivity contribution is 7.99. The molecular formula is C30H40ClN3O2S. The normalized spacial score (nSPS) is 12.4. The molecule has 4 rings (SSSR count). The van der Waals surface area contributed by atoms with E-state index in [4.69, 9.17) is 10.5 Å². The number of likely N-dealkylation sites (N-methyl/N-ethyl adjacent to an activating group) is 1. The Morgan fingerprint density at radius 3 is 1.97 bits per heavy atom. The van der Waals surface area contributed by atoms with Gasteiger partial charge in [-0.25, -0.2) is 4.79 Å². The van der Waals surface area contributed by atoms with E-state index in [1.54, 1.807) is 24.3 Å². The minimum atomic E-state index is -0.279. The van der Waals surface area contributed by atoms with Crippen LogP contribution in [0.1, 0.15) is 50.9 Å². The highest BCUT2D eigenvalue weighted by Crippen LogP contribution is 2.47. The van der Waals surface area contributed by atoms with Gasteiger partial charge in [0.25, 0.3) is 0 Å². The Labute approximate surface area is 232 Å². The van der Waals surface area contributed by atoms with E-state index in [0.717, 1.165) is 32.5 Å². The quantitative estimate of drug-likeness (QED) is 0.170. The molecule has 1 unspecified atom stereocenters. The lowest BCUT2D eigenvalue weighted by Crippen LogP contribution is -2.41. The number of ether oxygens (including phenoxy) is 1. The highest BCUT2D eigenvalue weighted by atomic mass is 35.5. The number of nitrogens with two attached hydrogens (primary N) is 1. The third-order valence-corrected chi connectivity index (χ3v) is 7.42. The minimum absolute atomic E-state index is 0. The number of nitrogens with zero attached hydrogens (tertiary/aromatic N) is 2. The van der Waals surface area contributed by atoms with Crippen molar-refractivity contribution in [2.45, 2.75) is 56.4 Å². The van der Waals surface area contributed by atoms with Gasteiger partial charge in [-0.2, -0.15) is 0 Å². The molecule has 0 amide bonds. The summed E-state index contributed by atoms with van der Waals surface area (Å²) < 4.78 is 5.03. The van der Waals surface area contributed by atoms with Gasteiger partial charge in [-0.05, 0) is 75.0 Å². The number of anilines is 3. The summed E-state index contributed by atoms with van der Waals surface area (Å²) in [6.07, 6.45) is 1.93. The molecule has 0 radical (unpaired) electrons. The SMILES string of the molecule is CCCCOC(=O)c1ccc(N)cc1.CCN(CC)C(C)CN1c2ccccc2Sc2ccccc21.Cl. The highest BCUT2D eigenvalue weighted by Gasteiger charge is 2.25. The summed E-state index contributed by atoms with van der Waals surface area (Å²) in [5, 5.41) is 0. The minimum Gasteiger partial charge on any atom is -0.462 e. The topological polar surface area (TPSA) is 58.8 Å². The van der Waals surface area contributed by atoms with Crippen LogP contribution in [0.2, 0.25) is 0 Å². The molecule has 0 saturated heterocycles. The van der Waals surface area contributed by atoms with Gasteiger partial charge in [0.05, 0.1) is 23.5 Å². The molecular weight excluding hydrogens is 502 g/mol. The number of esters is 1. The van der Waals surface area contributed by atoms with Crippen LogP contribution in [0.5, 0.6) is 0 Å². The van der Waals surface area contributed by atoms with Crippen LogP contribution in [0.4, 0.5) is 17.1 Å². The number of carbonyl (C=O) groups is 1. The van der Waals surface area contributed by atoms with E-state index in [0.29, 0.717) is 23.9 Å². The van der Waals surface area contributed by atoms with Gasteiger partial charge >= 0.3 is 5.97 Å². The molecule has 7 heteroatoms. The zero-order valence-electron chi connectivity index (χ0n) is 22.4. The number of halogens is 1. The average Bonchev–Trinajstić information content (AvgIpc) is 2.90. The van der Waals surface area contributed by atoms with Crippen molar-refractivity contribution in [3.05, 3.63) is 78.4 Å². The van der Waals surface area contributed by atoms with Gasteiger partial charge in [0.1, 0.15) is 0 Å². The molecule has 1 aliphatic rings. The number of carbonyl (C=O) groups excluding carboxylic acids is 1. The summed E-state index contributed by atoms with van der Waals surface area (Å²) in [5.74, 6) is -0.279. The molecule has 2 N–H and O–H groups in total. The first kappa shape index (κ1) is 30.6. The molecule has 0 spiro atoms. The average molecular weight is 542 g/mol. The lowest BCUT2D eigenvalue weighted by Gasteiger charge is -2.37. The largest absolute Gasteiger partial charge is 0.462 e. The van der Waals surface area contributed by atoms with Crippen LogP contribution in [0, 0.1) is 0 Å². The third-order valence-electron chi connectivity index (χ3n) is 6.29. The second-order valence-corrected chi connectivity index (χ2v) is 9.91. The van der Waals surface area contributed by atoms with Crippen molar-refractivity contribution >= 4 is 47.2 Å². The van der Waals surface area contributed by atoms with Gasteiger partial charge in [0.15, 0.2) is 0 Å². The Morgan fingerprint density at radius 1 is 0.919 bits per heavy atom. The zero-order chi connectivity index (χ0) is 25.9. The van der Waals surface area contributed by atoms with E-state index in [1.165, 1.54) is 21.2 Å². The van der Waals surface area contributed by atoms with Crippen LogP contribution in [-0.2, 0) is 4.74 Å². The van der Waals surface area contributed by atoms with E-state index in [2.05, 4.69) is 86.0 Å². The Bertz CT molecular complexity index is 1060. The van der Waals surface area contributed by atoms with Gasteiger partial charge < -0.3 is 15.4 Å². The van der Waals surface area contributed by atoms with Crippen molar-refractivity contribution < 1.29 is 9.53 Å². The summed E-state index contributed by atoms with van der Waals surface area (Å²) in [5.41, 5.74) is 9.37. The molecule has 1 heterocycles. The molecule has 0 saturated carbocycles. The lowest BCUT2D eigenvalue weighted by atomic mass is 10.1. The number of para-hydroxylation sites is 2. The van der Waals surface area contributed by atoms with Gasteiger partial charge in [-0.15, -0.1) is 12.4 Å². The second-order valence-electron chi connectivity index (χ2n) is 8.83. The zero-order valence-corrected chi connectivity index (χ0v) is 24.0. The van der Waals surface area contributed by atoms with Crippen molar-refractivity contribution in [1.29, 1.82) is 0 Å². The number of nitrogen functional groups attached to an aromatic ring is 1. The van der Waals surface area contributed by atoms with Crippen LogP contribution in [-0.4, -0.2) is 43.2 Å². The van der Waals surface area contributed by atoms with Crippen LogP contribution in [0.25, 0.3) is 0 Å². The predicted octanol–water partition coefficient (Wildman–Crippen LogP) is 7.67. The molecule has 0 fully saturated rings. The van der Waals surface area contributed by atoms with Crippen molar-refractivity contribution in [1.82, 2.24) is 4.90 Å². The number of fused-ring (bicyclic) bond motifs is 2. The van der Waals surface area contributed by atoms with Gasteiger partial charge in [0.2, 0.25) is 0 Å². The number of unbranched alkanes of at least 4 members (excludes halogenated alkanes) is 1. The van der Waals surface area contributed by atoms with Gasteiger partial charge in [0, 0.05) is 28.1 Å². The lowest BCUT2D eigenvalue weighted by molar-refractivity contribution is 0.0500. The second kappa shape index (κ2) is 15.6. The monoisotopic (exact) mass is 541 g/mol. The van der Waals surface area contributed by atoms with Crippen LogP contribution in [0.3, 0.4) is 0 Å². The molecule has 0 aromatic heterocycles. The smallest absolute Gasteiger partial charge is 0.338 e. The fourth-order valence-electron chi connectivity index (χ4n) is 4.22. The number of hydrogen-bond acceptors (Lipinski definition) is 6. The Morgan fingerprint density at radius 2 is 1.46 bits per heavy atom. The van der Waals surface area contributed by atoms with E-state index in [9.17, 15) is 4.79 Å². The summed E-state index contributed by atoms with van der Waals surface area (Å²) in [6, 6.07) is 24.7. The predicted molar refractivity (Wildman–Crippen MR) is 160 cm³/mol. The van der Waals surface area contributed by atoms with E-state index >= 15 is 0 Å². The summed E-state index contributed by atoms with van der Waals surface area (Å²) in [6.45, 7) is 12.6. The summed E-state index contributed by atoms with van der Waals surface area (Å²) in [4.78, 5) is 19.1. The number of benzene rings is 3. The van der Waals surface area contributed by atoms with Crippen molar-refractivity contribution in [2.75, 3.05) is 36.9 Å². The maximum absolute atomic E-state index is 11.4. The maximum Gasteiger partial charge on any atom is 0.338 e. The molecule has 5 nitrogen and oxygen atoms in total. The van der Waals surface area contributed by atoms with E-state index in [1.807, 2.05) is 11.8 Å².